The Bertz CT molecular complexity index is 627. The van der Waals surface area contributed by atoms with Crippen molar-refractivity contribution in [3.05, 3.63) is 42.0 Å². The molecule has 0 unspecified atom stereocenters. The lowest BCUT2D eigenvalue weighted by Crippen LogP contribution is -2.47. The SMILES string of the molecule is NC(=O)[C@@H]1CCCN(CC(=O)N2CC=C(c3ccccc3)CC2)C1. The van der Waals surface area contributed by atoms with E-state index in [0.717, 1.165) is 32.4 Å². The van der Waals surface area contributed by atoms with E-state index in [9.17, 15) is 9.59 Å². The number of piperidine rings is 1. The molecule has 2 amide bonds. The third-order valence-electron chi connectivity index (χ3n) is 4.97. The molecule has 5 nitrogen and oxygen atoms in total. The van der Waals surface area contributed by atoms with Gasteiger partial charge in [0.05, 0.1) is 12.5 Å². The van der Waals surface area contributed by atoms with Crippen LogP contribution in [0.25, 0.3) is 5.57 Å². The molecule has 0 radical (unpaired) electrons. The number of carbonyl (C=O) groups is 2. The van der Waals surface area contributed by atoms with E-state index < -0.39 is 0 Å². The molecular weight excluding hydrogens is 302 g/mol. The maximum atomic E-state index is 12.5. The first-order valence-corrected chi connectivity index (χ1v) is 8.67. The van der Waals surface area contributed by atoms with E-state index in [1.807, 2.05) is 23.1 Å². The van der Waals surface area contributed by atoms with Gasteiger partial charge in [-0.25, -0.2) is 0 Å². The summed E-state index contributed by atoms with van der Waals surface area (Å²) >= 11 is 0. The molecule has 1 saturated heterocycles. The average Bonchev–Trinajstić information content (AvgIpc) is 2.63. The minimum atomic E-state index is -0.249. The number of hydrogen-bond donors (Lipinski definition) is 1. The van der Waals surface area contributed by atoms with Gasteiger partial charge in [0.25, 0.3) is 0 Å². The molecule has 128 valence electrons. The smallest absolute Gasteiger partial charge is 0.237 e. The number of rotatable bonds is 4. The fraction of sp³-hybridized carbons (Fsp3) is 0.474. The van der Waals surface area contributed by atoms with Crippen LogP contribution in [0.3, 0.4) is 0 Å². The summed E-state index contributed by atoms with van der Waals surface area (Å²) in [6.45, 7) is 3.29. The van der Waals surface area contributed by atoms with Gasteiger partial charge >= 0.3 is 0 Å². The van der Waals surface area contributed by atoms with Crippen molar-refractivity contribution in [3.8, 4) is 0 Å². The van der Waals surface area contributed by atoms with Crippen LogP contribution in [0.2, 0.25) is 0 Å². The normalized spacial score (nSPS) is 22.1. The Labute approximate surface area is 143 Å². The predicted molar refractivity (Wildman–Crippen MR) is 94.0 cm³/mol. The largest absolute Gasteiger partial charge is 0.369 e. The van der Waals surface area contributed by atoms with Crippen molar-refractivity contribution in [2.45, 2.75) is 19.3 Å². The molecule has 1 aromatic carbocycles. The molecule has 0 spiro atoms. The van der Waals surface area contributed by atoms with Crippen molar-refractivity contribution in [1.29, 1.82) is 0 Å². The highest BCUT2D eigenvalue weighted by Gasteiger charge is 2.27. The first-order chi connectivity index (χ1) is 11.6. The van der Waals surface area contributed by atoms with Gasteiger partial charge in [0.1, 0.15) is 0 Å². The number of likely N-dealkylation sites (tertiary alicyclic amines) is 1. The number of benzene rings is 1. The van der Waals surface area contributed by atoms with Crippen LogP contribution in [0, 0.1) is 5.92 Å². The second-order valence-corrected chi connectivity index (χ2v) is 6.66. The maximum Gasteiger partial charge on any atom is 0.237 e. The van der Waals surface area contributed by atoms with Crippen molar-refractivity contribution in [3.63, 3.8) is 0 Å². The third kappa shape index (κ3) is 4.03. The predicted octanol–water partition coefficient (Wildman–Crippen LogP) is 1.50. The number of primary amides is 1. The van der Waals surface area contributed by atoms with E-state index in [0.29, 0.717) is 19.6 Å². The first-order valence-electron chi connectivity index (χ1n) is 8.67. The van der Waals surface area contributed by atoms with Crippen molar-refractivity contribution < 1.29 is 9.59 Å². The van der Waals surface area contributed by atoms with E-state index >= 15 is 0 Å². The monoisotopic (exact) mass is 327 g/mol. The lowest BCUT2D eigenvalue weighted by atomic mass is 9.97. The van der Waals surface area contributed by atoms with Gasteiger partial charge < -0.3 is 10.6 Å². The summed E-state index contributed by atoms with van der Waals surface area (Å²) in [4.78, 5) is 27.8. The Hall–Kier alpha value is -2.14. The summed E-state index contributed by atoms with van der Waals surface area (Å²) < 4.78 is 0. The van der Waals surface area contributed by atoms with Crippen molar-refractivity contribution in [2.24, 2.45) is 11.7 Å². The molecule has 0 aliphatic carbocycles. The van der Waals surface area contributed by atoms with Crippen LogP contribution in [0.5, 0.6) is 0 Å². The molecule has 3 rings (SSSR count). The summed E-state index contributed by atoms with van der Waals surface area (Å²) in [5.74, 6) is -0.221. The standard InChI is InChI=1S/C19H25N3O2/c20-19(24)17-7-4-10-21(13-17)14-18(23)22-11-8-16(9-12-22)15-5-2-1-3-6-15/h1-3,5-6,8,17H,4,7,9-14H2,(H2,20,24)/t17-/m1/s1. The van der Waals surface area contributed by atoms with Gasteiger partial charge in [-0.15, -0.1) is 0 Å². The zero-order valence-corrected chi connectivity index (χ0v) is 14.0. The molecule has 5 heteroatoms. The van der Waals surface area contributed by atoms with Gasteiger partial charge in [0.15, 0.2) is 0 Å². The Balaban J connectivity index is 1.54. The van der Waals surface area contributed by atoms with Gasteiger partial charge in [-0.1, -0.05) is 36.4 Å². The van der Waals surface area contributed by atoms with Gasteiger partial charge in [0.2, 0.25) is 11.8 Å². The Morgan fingerprint density at radius 3 is 2.62 bits per heavy atom. The lowest BCUT2D eigenvalue weighted by Gasteiger charge is -2.33. The van der Waals surface area contributed by atoms with Gasteiger partial charge in [-0.3, -0.25) is 14.5 Å². The molecule has 2 heterocycles. The van der Waals surface area contributed by atoms with Crippen LogP contribution in [0.1, 0.15) is 24.8 Å². The quantitative estimate of drug-likeness (QED) is 0.911. The summed E-state index contributed by atoms with van der Waals surface area (Å²) in [6.07, 6.45) is 4.81. The summed E-state index contributed by atoms with van der Waals surface area (Å²) in [6, 6.07) is 10.3. The van der Waals surface area contributed by atoms with Crippen molar-refractivity contribution in [1.82, 2.24) is 9.80 Å². The second kappa shape index (κ2) is 7.62. The van der Waals surface area contributed by atoms with E-state index in [4.69, 9.17) is 5.73 Å². The zero-order valence-electron chi connectivity index (χ0n) is 14.0. The molecule has 1 atom stereocenters. The van der Waals surface area contributed by atoms with E-state index in [-0.39, 0.29) is 17.7 Å². The van der Waals surface area contributed by atoms with E-state index in [1.54, 1.807) is 0 Å². The number of nitrogens with zero attached hydrogens (tertiary/aromatic N) is 2. The summed E-state index contributed by atoms with van der Waals surface area (Å²) in [5.41, 5.74) is 7.96. The number of amides is 2. The molecular formula is C19H25N3O2. The topological polar surface area (TPSA) is 66.6 Å². The van der Waals surface area contributed by atoms with Gasteiger partial charge in [0, 0.05) is 19.6 Å². The third-order valence-corrected chi connectivity index (χ3v) is 4.97. The highest BCUT2D eigenvalue weighted by atomic mass is 16.2. The molecule has 2 N–H and O–H groups in total. The Kier molecular flexibility index (Phi) is 5.30. The van der Waals surface area contributed by atoms with E-state index in [2.05, 4.69) is 23.1 Å². The van der Waals surface area contributed by atoms with Crippen molar-refractivity contribution >= 4 is 17.4 Å². The van der Waals surface area contributed by atoms with Crippen LogP contribution in [-0.4, -0.2) is 54.3 Å². The fourth-order valence-corrected chi connectivity index (χ4v) is 3.53. The molecule has 0 saturated carbocycles. The highest BCUT2D eigenvalue weighted by Crippen LogP contribution is 2.22. The van der Waals surface area contributed by atoms with Gasteiger partial charge in [-0.2, -0.15) is 0 Å². The minimum Gasteiger partial charge on any atom is -0.369 e. The molecule has 1 fully saturated rings. The molecule has 0 aromatic heterocycles. The zero-order chi connectivity index (χ0) is 16.9. The molecule has 2 aliphatic rings. The molecule has 1 aromatic rings. The van der Waals surface area contributed by atoms with E-state index in [1.165, 1.54) is 11.1 Å². The molecule has 24 heavy (non-hydrogen) atoms. The Morgan fingerprint density at radius 1 is 1.17 bits per heavy atom. The van der Waals surface area contributed by atoms with Crippen LogP contribution >= 0.6 is 0 Å². The second-order valence-electron chi connectivity index (χ2n) is 6.66. The van der Waals surface area contributed by atoms with Crippen LogP contribution < -0.4 is 5.73 Å². The van der Waals surface area contributed by atoms with Crippen molar-refractivity contribution in [2.75, 3.05) is 32.7 Å². The summed E-state index contributed by atoms with van der Waals surface area (Å²) in [7, 11) is 0. The number of hydrogen-bond acceptors (Lipinski definition) is 3. The number of carbonyl (C=O) groups excluding carboxylic acids is 2. The van der Waals surface area contributed by atoms with Crippen LogP contribution in [0.15, 0.2) is 36.4 Å². The summed E-state index contributed by atoms with van der Waals surface area (Å²) in [5, 5.41) is 0. The van der Waals surface area contributed by atoms with Crippen LogP contribution in [0.4, 0.5) is 0 Å². The first kappa shape index (κ1) is 16.7. The fourth-order valence-electron chi connectivity index (χ4n) is 3.53. The highest BCUT2D eigenvalue weighted by molar-refractivity contribution is 5.80. The van der Waals surface area contributed by atoms with Crippen LogP contribution in [-0.2, 0) is 9.59 Å². The molecule has 0 bridgehead atoms. The average molecular weight is 327 g/mol. The van der Waals surface area contributed by atoms with Gasteiger partial charge in [-0.05, 0) is 36.9 Å². The Morgan fingerprint density at radius 2 is 1.96 bits per heavy atom. The molecule has 2 aliphatic heterocycles. The number of nitrogens with two attached hydrogens (primary N) is 1. The maximum absolute atomic E-state index is 12.5. The lowest BCUT2D eigenvalue weighted by molar-refractivity contribution is -0.133. The minimum absolute atomic E-state index is 0.113.